The van der Waals surface area contributed by atoms with Crippen molar-refractivity contribution in [2.45, 2.75) is 19.6 Å². The molecule has 1 fully saturated rings. The molecule has 138 valence electrons. The Balaban J connectivity index is 2.05. The molecule has 0 atom stereocenters. The Labute approximate surface area is 160 Å². The first-order valence-corrected chi connectivity index (χ1v) is 8.36. The summed E-state index contributed by atoms with van der Waals surface area (Å²) in [6.45, 7) is 2.94. The molecule has 6 nitrogen and oxygen atoms in total. The second kappa shape index (κ2) is 6.89. The van der Waals surface area contributed by atoms with Crippen LogP contribution < -0.4 is 0 Å². The van der Waals surface area contributed by atoms with Gasteiger partial charge in [-0.1, -0.05) is 41.9 Å². The predicted octanol–water partition coefficient (Wildman–Crippen LogP) is 3.92. The normalized spacial score (nSPS) is 15.7. The van der Waals surface area contributed by atoms with E-state index >= 15 is 0 Å². The van der Waals surface area contributed by atoms with E-state index in [1.165, 1.54) is 32.1 Å². The van der Waals surface area contributed by atoms with E-state index < -0.39 is 23.7 Å². The predicted molar refractivity (Wildman–Crippen MR) is 98.1 cm³/mol. The first-order chi connectivity index (χ1) is 12.7. The first-order valence-electron chi connectivity index (χ1n) is 7.98. The van der Waals surface area contributed by atoms with E-state index in [2.05, 4.69) is 0 Å². The smallest absolute Gasteiger partial charge is 0.348 e. The minimum Gasteiger partial charge on any atom is -0.478 e. The highest BCUT2D eigenvalue weighted by Crippen LogP contribution is 2.31. The number of ether oxygens (including phenoxy) is 2. The molecular formula is C20H15ClO6. The molecule has 1 aliphatic heterocycles. The molecule has 2 aromatic rings. The monoisotopic (exact) mass is 386 g/mol. The van der Waals surface area contributed by atoms with Crippen molar-refractivity contribution in [2.75, 3.05) is 0 Å². The first kappa shape index (κ1) is 18.7. The number of aromatic carboxylic acids is 1. The summed E-state index contributed by atoms with van der Waals surface area (Å²) in [5.74, 6) is -3.99. The highest BCUT2D eigenvalue weighted by Gasteiger charge is 2.38. The molecule has 1 aliphatic rings. The number of hydrogen-bond donors (Lipinski definition) is 1. The van der Waals surface area contributed by atoms with Gasteiger partial charge in [-0.05, 0) is 34.9 Å². The number of rotatable bonds is 3. The number of hydrogen-bond acceptors (Lipinski definition) is 5. The minimum absolute atomic E-state index is 0.0158. The van der Waals surface area contributed by atoms with Crippen LogP contribution in [-0.4, -0.2) is 28.8 Å². The molecule has 27 heavy (non-hydrogen) atoms. The van der Waals surface area contributed by atoms with Gasteiger partial charge < -0.3 is 14.6 Å². The molecule has 0 radical (unpaired) electrons. The van der Waals surface area contributed by atoms with Crippen LogP contribution in [0.25, 0.3) is 17.2 Å². The molecule has 1 N–H and O–H groups in total. The zero-order valence-corrected chi connectivity index (χ0v) is 15.2. The maximum absolute atomic E-state index is 12.2. The fourth-order valence-corrected chi connectivity index (χ4v) is 2.94. The summed E-state index contributed by atoms with van der Waals surface area (Å²) >= 11 is 6.05. The third kappa shape index (κ3) is 3.85. The topological polar surface area (TPSA) is 89.9 Å². The van der Waals surface area contributed by atoms with Gasteiger partial charge in [0.1, 0.15) is 5.57 Å². The van der Waals surface area contributed by atoms with Crippen LogP contribution >= 0.6 is 11.6 Å². The molecule has 3 rings (SSSR count). The second-order valence-corrected chi connectivity index (χ2v) is 6.73. The molecule has 0 aromatic heterocycles. The third-order valence-corrected chi connectivity index (χ3v) is 4.20. The molecule has 0 amide bonds. The Morgan fingerprint density at radius 3 is 2.30 bits per heavy atom. The number of cyclic esters (lactones) is 2. The Hall–Kier alpha value is -3.12. The van der Waals surface area contributed by atoms with Crippen molar-refractivity contribution in [3.8, 4) is 11.1 Å². The number of carboxylic acid groups (broad SMARTS) is 1. The van der Waals surface area contributed by atoms with Crippen LogP contribution in [0.4, 0.5) is 0 Å². The lowest BCUT2D eigenvalue weighted by Crippen LogP contribution is -2.41. The summed E-state index contributed by atoms with van der Waals surface area (Å²) in [5, 5.41) is 9.19. The van der Waals surface area contributed by atoms with Gasteiger partial charge in [-0.25, -0.2) is 14.4 Å². The van der Waals surface area contributed by atoms with E-state index in [1.807, 2.05) is 0 Å². The highest BCUT2D eigenvalue weighted by atomic mass is 35.5. The molecule has 0 aliphatic carbocycles. The van der Waals surface area contributed by atoms with Gasteiger partial charge in [0.25, 0.3) is 5.79 Å². The van der Waals surface area contributed by atoms with Crippen LogP contribution in [-0.2, 0) is 19.1 Å². The standard InChI is InChI=1S/C20H15ClO6/c1-20(2)26-18(24)15(19(25)27-20)9-11-5-3-4-6-13(11)12-7-8-14(17(22)23)16(21)10-12/h3-10H,1-2H3,(H,22,23). The summed E-state index contributed by atoms with van der Waals surface area (Å²) in [6, 6.07) is 11.5. The largest absolute Gasteiger partial charge is 0.478 e. The van der Waals surface area contributed by atoms with Crippen LogP contribution in [0.1, 0.15) is 29.8 Å². The van der Waals surface area contributed by atoms with Crippen molar-refractivity contribution < 1.29 is 29.0 Å². The number of esters is 2. The Bertz CT molecular complexity index is 968. The van der Waals surface area contributed by atoms with Gasteiger partial charge >= 0.3 is 17.9 Å². The fraction of sp³-hybridized carbons (Fsp3) is 0.150. The zero-order valence-electron chi connectivity index (χ0n) is 14.5. The maximum atomic E-state index is 12.2. The van der Waals surface area contributed by atoms with Gasteiger partial charge in [-0.2, -0.15) is 0 Å². The lowest BCUT2D eigenvalue weighted by Gasteiger charge is -2.29. The molecule has 1 saturated heterocycles. The average molecular weight is 387 g/mol. The number of carboxylic acids is 1. The van der Waals surface area contributed by atoms with E-state index in [4.69, 9.17) is 26.2 Å². The average Bonchev–Trinajstić information content (AvgIpc) is 2.57. The van der Waals surface area contributed by atoms with Crippen LogP contribution in [0.3, 0.4) is 0 Å². The van der Waals surface area contributed by atoms with E-state index in [9.17, 15) is 14.4 Å². The van der Waals surface area contributed by atoms with E-state index in [-0.39, 0.29) is 16.2 Å². The van der Waals surface area contributed by atoms with Crippen LogP contribution in [0.15, 0.2) is 48.0 Å². The van der Waals surface area contributed by atoms with Crippen LogP contribution in [0.2, 0.25) is 5.02 Å². The van der Waals surface area contributed by atoms with Crippen molar-refractivity contribution in [3.05, 3.63) is 64.2 Å². The van der Waals surface area contributed by atoms with Crippen molar-refractivity contribution in [3.63, 3.8) is 0 Å². The second-order valence-electron chi connectivity index (χ2n) is 6.32. The van der Waals surface area contributed by atoms with Gasteiger partial charge in [0.2, 0.25) is 0 Å². The summed E-state index contributed by atoms with van der Waals surface area (Å²) < 4.78 is 10.2. The molecule has 0 spiro atoms. The Morgan fingerprint density at radius 1 is 1.07 bits per heavy atom. The Kier molecular flexibility index (Phi) is 4.76. The van der Waals surface area contributed by atoms with Gasteiger partial charge in [0.05, 0.1) is 10.6 Å². The molecule has 0 unspecified atom stereocenters. The molecule has 0 saturated carbocycles. The maximum Gasteiger partial charge on any atom is 0.348 e. The Morgan fingerprint density at radius 2 is 1.70 bits per heavy atom. The van der Waals surface area contributed by atoms with Crippen molar-refractivity contribution in [1.29, 1.82) is 0 Å². The number of benzene rings is 2. The van der Waals surface area contributed by atoms with E-state index in [0.29, 0.717) is 16.7 Å². The molecule has 0 bridgehead atoms. The van der Waals surface area contributed by atoms with Gasteiger partial charge in [0, 0.05) is 13.8 Å². The minimum atomic E-state index is -1.31. The van der Waals surface area contributed by atoms with Crippen molar-refractivity contribution >= 4 is 35.6 Å². The van der Waals surface area contributed by atoms with E-state index in [0.717, 1.165) is 0 Å². The highest BCUT2D eigenvalue weighted by molar-refractivity contribution is 6.33. The molecule has 1 heterocycles. The summed E-state index contributed by atoms with van der Waals surface area (Å²) in [4.78, 5) is 35.5. The molecule has 7 heteroatoms. The summed E-state index contributed by atoms with van der Waals surface area (Å²) in [7, 11) is 0. The number of carbonyl (C=O) groups is 3. The molecular weight excluding hydrogens is 372 g/mol. The number of carbonyl (C=O) groups excluding carboxylic acids is 2. The van der Waals surface area contributed by atoms with Crippen molar-refractivity contribution in [2.24, 2.45) is 0 Å². The fourth-order valence-electron chi connectivity index (χ4n) is 2.68. The lowest BCUT2D eigenvalue weighted by molar-refractivity contribution is -0.222. The SMILES string of the molecule is CC1(C)OC(=O)C(=Cc2ccccc2-c2ccc(C(=O)O)c(Cl)c2)C(=O)O1. The van der Waals surface area contributed by atoms with Gasteiger partial charge in [-0.3, -0.25) is 0 Å². The molecule has 2 aromatic carbocycles. The summed E-state index contributed by atoms with van der Waals surface area (Å²) in [5.41, 5.74) is 1.61. The quantitative estimate of drug-likeness (QED) is 0.488. The van der Waals surface area contributed by atoms with Gasteiger partial charge in [-0.15, -0.1) is 0 Å². The lowest BCUT2D eigenvalue weighted by atomic mass is 9.97. The zero-order chi connectivity index (χ0) is 19.8. The van der Waals surface area contributed by atoms with Gasteiger partial charge in [0.15, 0.2) is 0 Å². The van der Waals surface area contributed by atoms with E-state index in [1.54, 1.807) is 30.3 Å². The van der Waals surface area contributed by atoms with Crippen LogP contribution in [0.5, 0.6) is 0 Å². The van der Waals surface area contributed by atoms with Crippen LogP contribution in [0, 0.1) is 0 Å². The van der Waals surface area contributed by atoms with Crippen molar-refractivity contribution in [1.82, 2.24) is 0 Å². The third-order valence-electron chi connectivity index (χ3n) is 3.89. The number of halogens is 1. The summed E-state index contributed by atoms with van der Waals surface area (Å²) in [6.07, 6.45) is 1.38.